The summed E-state index contributed by atoms with van der Waals surface area (Å²) in [4.78, 5) is 34.7. The summed E-state index contributed by atoms with van der Waals surface area (Å²) in [6.45, 7) is 0. The molecule has 0 unspecified atom stereocenters. The zero-order chi connectivity index (χ0) is 17.4. The number of nitrogens with zero attached hydrogens (tertiary/aromatic N) is 1. The molecule has 4 N–H and O–H groups in total. The smallest absolute Gasteiger partial charge is 0.366 e. The summed E-state index contributed by atoms with van der Waals surface area (Å²) in [5.74, 6) is -2.09. The predicted molar refractivity (Wildman–Crippen MR) is 74.1 cm³/mol. The van der Waals surface area contributed by atoms with E-state index in [0.717, 1.165) is 29.0 Å². The van der Waals surface area contributed by atoms with Crippen molar-refractivity contribution in [1.82, 2.24) is 4.57 Å². The van der Waals surface area contributed by atoms with Crippen molar-refractivity contribution >= 4 is 11.8 Å². The van der Waals surface area contributed by atoms with Gasteiger partial charge in [-0.15, -0.1) is 0 Å². The number of aromatic nitrogens is 1. The van der Waals surface area contributed by atoms with E-state index < -0.39 is 34.7 Å². The molecule has 1 aromatic carbocycles. The Kier molecular flexibility index (Phi) is 3.96. The number of amides is 2. The Hall–Kier alpha value is -3.10. The van der Waals surface area contributed by atoms with Gasteiger partial charge in [-0.05, 0) is 24.3 Å². The topological polar surface area (TPSA) is 108 Å². The number of halogens is 3. The average Bonchev–Trinajstić information content (AvgIpc) is 2.46. The van der Waals surface area contributed by atoms with Gasteiger partial charge in [-0.1, -0.05) is 6.07 Å². The second kappa shape index (κ2) is 5.59. The highest BCUT2D eigenvalue weighted by atomic mass is 19.4. The summed E-state index contributed by atoms with van der Waals surface area (Å²) in [6.07, 6.45) is -3.67. The zero-order valence-electron chi connectivity index (χ0n) is 11.4. The Morgan fingerprint density at radius 1 is 1.04 bits per heavy atom. The Balaban J connectivity index is 2.75. The van der Waals surface area contributed by atoms with Crippen LogP contribution in [0.15, 0.2) is 41.3 Å². The average molecular weight is 325 g/mol. The van der Waals surface area contributed by atoms with Crippen LogP contribution in [0.1, 0.15) is 26.3 Å². The summed E-state index contributed by atoms with van der Waals surface area (Å²) in [7, 11) is 0. The molecule has 2 amide bonds. The number of hydrogen-bond acceptors (Lipinski definition) is 3. The van der Waals surface area contributed by atoms with E-state index in [1.807, 2.05) is 0 Å². The highest BCUT2D eigenvalue weighted by molar-refractivity contribution is 5.98. The van der Waals surface area contributed by atoms with Gasteiger partial charge in [-0.25, -0.2) is 0 Å². The molecule has 120 valence electrons. The van der Waals surface area contributed by atoms with Crippen LogP contribution >= 0.6 is 0 Å². The SMILES string of the molecule is NC(=O)c1cc(C(N)=O)c(=O)n(-c2cccc(C(F)(F)F)c2)c1. The minimum Gasteiger partial charge on any atom is -0.366 e. The Labute approximate surface area is 127 Å². The van der Waals surface area contributed by atoms with Gasteiger partial charge >= 0.3 is 6.18 Å². The van der Waals surface area contributed by atoms with E-state index in [2.05, 4.69) is 0 Å². The Morgan fingerprint density at radius 2 is 1.70 bits per heavy atom. The number of benzene rings is 1. The molecule has 1 heterocycles. The molecule has 0 saturated heterocycles. The summed E-state index contributed by atoms with van der Waals surface area (Å²) in [5.41, 5.74) is 7.21. The maximum Gasteiger partial charge on any atom is 0.416 e. The normalized spacial score (nSPS) is 11.3. The second-order valence-corrected chi connectivity index (χ2v) is 4.59. The molecule has 0 bridgehead atoms. The van der Waals surface area contributed by atoms with E-state index in [9.17, 15) is 27.6 Å². The lowest BCUT2D eigenvalue weighted by atomic mass is 10.1. The number of pyridine rings is 1. The van der Waals surface area contributed by atoms with Gasteiger partial charge in [0.1, 0.15) is 5.56 Å². The molecule has 0 spiro atoms. The van der Waals surface area contributed by atoms with E-state index in [1.54, 1.807) is 0 Å². The third-order valence-corrected chi connectivity index (χ3v) is 3.02. The van der Waals surface area contributed by atoms with Crippen LogP contribution < -0.4 is 17.0 Å². The number of carbonyl (C=O) groups excluding carboxylic acids is 2. The minimum absolute atomic E-state index is 0.185. The standard InChI is InChI=1S/C14H10F3N3O3/c15-14(16,17)8-2-1-3-9(5-8)20-6-7(11(18)21)4-10(12(19)22)13(20)23/h1-6H,(H2,18,21)(H2,19,22). The summed E-state index contributed by atoms with van der Waals surface area (Å²) in [6, 6.07) is 4.73. The third-order valence-electron chi connectivity index (χ3n) is 3.02. The van der Waals surface area contributed by atoms with Crippen molar-refractivity contribution in [2.75, 3.05) is 0 Å². The maximum atomic E-state index is 12.8. The largest absolute Gasteiger partial charge is 0.416 e. The minimum atomic E-state index is -4.62. The van der Waals surface area contributed by atoms with Crippen LogP contribution in [0.4, 0.5) is 13.2 Å². The number of primary amides is 2. The summed E-state index contributed by atoms with van der Waals surface area (Å²) in [5, 5.41) is 0. The lowest BCUT2D eigenvalue weighted by Gasteiger charge is -2.12. The molecule has 1 aromatic heterocycles. The van der Waals surface area contributed by atoms with Gasteiger partial charge in [0.05, 0.1) is 11.1 Å². The molecule has 0 aliphatic rings. The van der Waals surface area contributed by atoms with Gasteiger partial charge in [0.2, 0.25) is 5.91 Å². The third kappa shape index (κ3) is 3.23. The first-order chi connectivity index (χ1) is 10.6. The van der Waals surface area contributed by atoms with E-state index >= 15 is 0 Å². The fraction of sp³-hybridized carbons (Fsp3) is 0.0714. The molecule has 2 aromatic rings. The van der Waals surface area contributed by atoms with Crippen molar-refractivity contribution in [2.24, 2.45) is 11.5 Å². The van der Waals surface area contributed by atoms with Gasteiger partial charge in [-0.2, -0.15) is 13.2 Å². The van der Waals surface area contributed by atoms with E-state index in [4.69, 9.17) is 11.5 Å². The van der Waals surface area contributed by atoms with E-state index in [0.29, 0.717) is 6.07 Å². The quantitative estimate of drug-likeness (QED) is 0.880. The van der Waals surface area contributed by atoms with Crippen LogP contribution in [0, 0.1) is 0 Å². The number of hydrogen-bond donors (Lipinski definition) is 2. The van der Waals surface area contributed by atoms with Crippen molar-refractivity contribution < 1.29 is 22.8 Å². The molecular weight excluding hydrogens is 315 g/mol. The molecule has 0 aliphatic heterocycles. The van der Waals surface area contributed by atoms with Crippen molar-refractivity contribution in [3.8, 4) is 5.69 Å². The van der Waals surface area contributed by atoms with Gasteiger partial charge < -0.3 is 11.5 Å². The lowest BCUT2D eigenvalue weighted by molar-refractivity contribution is -0.137. The fourth-order valence-corrected chi connectivity index (χ4v) is 1.92. The number of rotatable bonds is 3. The van der Waals surface area contributed by atoms with Crippen molar-refractivity contribution in [3.05, 3.63) is 63.6 Å². The zero-order valence-corrected chi connectivity index (χ0v) is 11.4. The molecule has 23 heavy (non-hydrogen) atoms. The highest BCUT2D eigenvalue weighted by Crippen LogP contribution is 2.30. The molecule has 0 atom stereocenters. The van der Waals surface area contributed by atoms with Crippen LogP contribution in [0.2, 0.25) is 0 Å². The number of carbonyl (C=O) groups is 2. The molecule has 0 fully saturated rings. The second-order valence-electron chi connectivity index (χ2n) is 4.59. The molecule has 0 saturated carbocycles. The molecule has 0 radical (unpaired) electrons. The van der Waals surface area contributed by atoms with Gasteiger partial charge in [0.25, 0.3) is 11.5 Å². The molecular formula is C14H10F3N3O3. The molecule has 0 aliphatic carbocycles. The van der Waals surface area contributed by atoms with Crippen molar-refractivity contribution in [3.63, 3.8) is 0 Å². The monoisotopic (exact) mass is 325 g/mol. The first-order valence-electron chi connectivity index (χ1n) is 6.15. The lowest BCUT2D eigenvalue weighted by Crippen LogP contribution is -2.30. The predicted octanol–water partition coefficient (Wildman–Crippen LogP) is 1.05. The van der Waals surface area contributed by atoms with Gasteiger partial charge in [0.15, 0.2) is 0 Å². The van der Waals surface area contributed by atoms with Gasteiger partial charge in [0, 0.05) is 11.9 Å². The Bertz CT molecular complexity index is 856. The van der Waals surface area contributed by atoms with Crippen molar-refractivity contribution in [1.29, 1.82) is 0 Å². The molecule has 6 nitrogen and oxygen atoms in total. The highest BCUT2D eigenvalue weighted by Gasteiger charge is 2.30. The Morgan fingerprint density at radius 3 is 2.22 bits per heavy atom. The summed E-state index contributed by atoms with van der Waals surface area (Å²) < 4.78 is 39.0. The maximum absolute atomic E-state index is 12.8. The first kappa shape index (κ1) is 16.3. The fourth-order valence-electron chi connectivity index (χ4n) is 1.92. The van der Waals surface area contributed by atoms with Crippen LogP contribution in [-0.2, 0) is 6.18 Å². The first-order valence-corrected chi connectivity index (χ1v) is 6.15. The van der Waals surface area contributed by atoms with Crippen molar-refractivity contribution in [2.45, 2.75) is 6.18 Å². The van der Waals surface area contributed by atoms with Gasteiger partial charge in [-0.3, -0.25) is 19.0 Å². The summed E-state index contributed by atoms with van der Waals surface area (Å²) >= 11 is 0. The van der Waals surface area contributed by atoms with Crippen LogP contribution in [0.3, 0.4) is 0 Å². The molecule has 9 heteroatoms. The van der Waals surface area contributed by atoms with Crippen LogP contribution in [-0.4, -0.2) is 16.4 Å². The molecule has 2 rings (SSSR count). The number of nitrogens with two attached hydrogens (primary N) is 2. The van der Waals surface area contributed by atoms with E-state index in [-0.39, 0.29) is 11.3 Å². The van der Waals surface area contributed by atoms with Crippen LogP contribution in [0.5, 0.6) is 0 Å². The van der Waals surface area contributed by atoms with E-state index in [1.165, 1.54) is 6.07 Å². The van der Waals surface area contributed by atoms with Crippen LogP contribution in [0.25, 0.3) is 5.69 Å². The number of alkyl halides is 3.